The van der Waals surface area contributed by atoms with Crippen LogP contribution < -0.4 is 0 Å². The molecule has 324 valence electrons. The van der Waals surface area contributed by atoms with E-state index >= 15 is 0 Å². The van der Waals surface area contributed by atoms with Crippen LogP contribution in [-0.4, -0.2) is 89.6 Å². The number of unbranched alkanes of at least 4 members (excludes halogenated alkanes) is 16. The molecule has 6 unspecified atom stereocenters. The van der Waals surface area contributed by atoms with Crippen molar-refractivity contribution in [3.05, 3.63) is 60.8 Å². The van der Waals surface area contributed by atoms with Crippen molar-refractivity contribution in [2.75, 3.05) is 26.4 Å². The zero-order valence-electron chi connectivity index (χ0n) is 35.4. The van der Waals surface area contributed by atoms with E-state index in [1.807, 2.05) is 0 Å². The van der Waals surface area contributed by atoms with Gasteiger partial charge in [-0.25, -0.2) is 0 Å². The quantitative estimate of drug-likeness (QED) is 0.0276. The monoisotopic (exact) mass is 791 g/mol. The van der Waals surface area contributed by atoms with Crippen LogP contribution in [0.15, 0.2) is 60.8 Å². The first-order valence-corrected chi connectivity index (χ1v) is 22.4. The lowest BCUT2D eigenvalue weighted by Crippen LogP contribution is -2.59. The highest BCUT2D eigenvalue weighted by atomic mass is 16.7. The number of hydrogen-bond acceptors (Lipinski definition) is 9. The molecule has 9 heteroatoms. The molecule has 0 aliphatic carbocycles. The third-order valence-corrected chi connectivity index (χ3v) is 9.92. The molecule has 1 aliphatic heterocycles. The third-order valence-electron chi connectivity index (χ3n) is 9.92. The van der Waals surface area contributed by atoms with Gasteiger partial charge in [-0.15, -0.1) is 0 Å². The van der Waals surface area contributed by atoms with Crippen molar-refractivity contribution < 1.29 is 44.2 Å². The van der Waals surface area contributed by atoms with Crippen LogP contribution >= 0.6 is 0 Å². The van der Waals surface area contributed by atoms with Crippen LogP contribution in [0.2, 0.25) is 0 Å². The topological polar surface area (TPSA) is 135 Å². The van der Waals surface area contributed by atoms with Gasteiger partial charge in [0.05, 0.1) is 19.8 Å². The Balaban J connectivity index is 2.28. The molecule has 4 N–H and O–H groups in total. The van der Waals surface area contributed by atoms with Crippen molar-refractivity contribution in [2.45, 2.75) is 205 Å². The standard InChI is InChI=1S/C47H82O9/c1-3-5-7-9-11-13-15-17-19-20-21-23-25-27-29-31-33-35-37-53-39-41(40-54-47-46(52)45(51)44(50)42(38-48)56-47)55-43(49)36-34-32-30-28-26-24-22-18-16-14-12-10-8-6-4-2/h6,8,11-14,17-19,22,41-42,44-48,50-52H,3-5,7,9-10,15-16,20-21,23-40H2,1-2H3/b8-6-,13-11-,14-12-,19-17-,22-18-. The largest absolute Gasteiger partial charge is 0.457 e. The first kappa shape index (κ1) is 51.9. The van der Waals surface area contributed by atoms with Crippen LogP contribution in [0.3, 0.4) is 0 Å². The summed E-state index contributed by atoms with van der Waals surface area (Å²) in [7, 11) is 0. The molecule has 1 saturated heterocycles. The second-order valence-electron chi connectivity index (χ2n) is 15.1. The molecule has 1 rings (SSSR count). The fourth-order valence-corrected chi connectivity index (χ4v) is 6.42. The van der Waals surface area contributed by atoms with Gasteiger partial charge in [-0.2, -0.15) is 0 Å². The van der Waals surface area contributed by atoms with Gasteiger partial charge in [0, 0.05) is 13.0 Å². The van der Waals surface area contributed by atoms with E-state index in [9.17, 15) is 25.2 Å². The molecule has 0 saturated carbocycles. The Bertz CT molecular complexity index is 1040. The number of allylic oxidation sites excluding steroid dienone is 10. The van der Waals surface area contributed by atoms with Crippen molar-refractivity contribution in [3.8, 4) is 0 Å². The van der Waals surface area contributed by atoms with E-state index < -0.39 is 43.4 Å². The molecule has 0 amide bonds. The van der Waals surface area contributed by atoms with Crippen LogP contribution in [0.25, 0.3) is 0 Å². The van der Waals surface area contributed by atoms with Gasteiger partial charge in [-0.05, 0) is 77.0 Å². The van der Waals surface area contributed by atoms with Crippen LogP contribution in [0.5, 0.6) is 0 Å². The minimum atomic E-state index is -1.54. The van der Waals surface area contributed by atoms with E-state index in [0.29, 0.717) is 13.0 Å². The zero-order chi connectivity index (χ0) is 40.7. The fraction of sp³-hybridized carbons (Fsp3) is 0.766. The Morgan fingerprint density at radius 2 is 1.09 bits per heavy atom. The zero-order valence-corrected chi connectivity index (χ0v) is 35.4. The van der Waals surface area contributed by atoms with Crippen LogP contribution in [0.4, 0.5) is 0 Å². The summed E-state index contributed by atoms with van der Waals surface area (Å²) in [5, 5.41) is 40.1. The van der Waals surface area contributed by atoms with E-state index in [2.05, 4.69) is 74.6 Å². The maximum Gasteiger partial charge on any atom is 0.306 e. The highest BCUT2D eigenvalue weighted by Gasteiger charge is 2.44. The molecular weight excluding hydrogens is 709 g/mol. The molecule has 6 atom stereocenters. The minimum absolute atomic E-state index is 0.125. The summed E-state index contributed by atoms with van der Waals surface area (Å²) in [6, 6.07) is 0. The minimum Gasteiger partial charge on any atom is -0.457 e. The van der Waals surface area contributed by atoms with Crippen LogP contribution in [0, 0.1) is 0 Å². The van der Waals surface area contributed by atoms with E-state index in [1.165, 1.54) is 64.2 Å². The normalized spacial score (nSPS) is 21.1. The Labute approximate surface area is 341 Å². The van der Waals surface area contributed by atoms with Gasteiger partial charge < -0.3 is 39.4 Å². The first-order valence-electron chi connectivity index (χ1n) is 22.4. The van der Waals surface area contributed by atoms with Crippen molar-refractivity contribution in [1.82, 2.24) is 0 Å². The Morgan fingerprint density at radius 1 is 0.589 bits per heavy atom. The maximum absolute atomic E-state index is 12.8. The van der Waals surface area contributed by atoms with Crippen LogP contribution in [0.1, 0.15) is 168 Å². The number of esters is 1. The van der Waals surface area contributed by atoms with Crippen molar-refractivity contribution in [1.29, 1.82) is 0 Å². The highest BCUT2D eigenvalue weighted by Crippen LogP contribution is 2.22. The van der Waals surface area contributed by atoms with E-state index in [0.717, 1.165) is 83.5 Å². The fourth-order valence-electron chi connectivity index (χ4n) is 6.42. The van der Waals surface area contributed by atoms with Gasteiger partial charge in [0.2, 0.25) is 0 Å². The van der Waals surface area contributed by atoms with Gasteiger partial charge >= 0.3 is 5.97 Å². The first-order chi connectivity index (χ1) is 27.4. The summed E-state index contributed by atoms with van der Waals surface area (Å²) in [5.74, 6) is -0.335. The SMILES string of the molecule is CC/C=C\C/C=C\C/C=C\CCCCCCCC(=O)OC(COCCCCCCCCCC/C=C\C/C=C\CCCCC)COC1OC(CO)C(O)C(O)C1O. The van der Waals surface area contributed by atoms with Crippen LogP contribution in [-0.2, 0) is 23.7 Å². The molecule has 1 heterocycles. The lowest BCUT2D eigenvalue weighted by atomic mass is 9.99. The predicted octanol–water partition coefficient (Wildman–Crippen LogP) is 9.91. The van der Waals surface area contributed by atoms with Gasteiger partial charge in [-0.3, -0.25) is 4.79 Å². The molecule has 0 spiro atoms. The molecule has 0 bridgehead atoms. The molecule has 0 aromatic heterocycles. The second-order valence-corrected chi connectivity index (χ2v) is 15.1. The smallest absolute Gasteiger partial charge is 0.306 e. The summed E-state index contributed by atoms with van der Waals surface area (Å²) in [5.41, 5.74) is 0. The maximum atomic E-state index is 12.8. The average molecular weight is 791 g/mol. The molecule has 1 aliphatic rings. The van der Waals surface area contributed by atoms with Gasteiger partial charge in [0.25, 0.3) is 0 Å². The summed E-state index contributed by atoms with van der Waals surface area (Å²) in [4.78, 5) is 12.8. The molecule has 0 radical (unpaired) electrons. The average Bonchev–Trinajstić information content (AvgIpc) is 3.20. The molecule has 0 aromatic carbocycles. The van der Waals surface area contributed by atoms with Crippen molar-refractivity contribution in [3.63, 3.8) is 0 Å². The number of carbonyl (C=O) groups excluding carboxylic acids is 1. The Kier molecular flexibility index (Phi) is 35.6. The molecular formula is C47H82O9. The highest BCUT2D eigenvalue weighted by molar-refractivity contribution is 5.69. The molecule has 9 nitrogen and oxygen atoms in total. The number of rotatable bonds is 37. The second kappa shape index (κ2) is 38.4. The number of aliphatic hydroxyl groups excluding tert-OH is 4. The number of hydrogen-bond donors (Lipinski definition) is 4. The molecule has 1 fully saturated rings. The summed E-state index contributed by atoms with van der Waals surface area (Å²) in [6.45, 7) is 4.38. The summed E-state index contributed by atoms with van der Waals surface area (Å²) in [6.07, 6.45) is 41.0. The van der Waals surface area contributed by atoms with E-state index in [1.54, 1.807) is 0 Å². The summed E-state index contributed by atoms with van der Waals surface area (Å²) < 4.78 is 22.8. The van der Waals surface area contributed by atoms with E-state index in [4.69, 9.17) is 18.9 Å². The number of ether oxygens (including phenoxy) is 4. The van der Waals surface area contributed by atoms with E-state index in [-0.39, 0.29) is 19.2 Å². The van der Waals surface area contributed by atoms with Crippen molar-refractivity contribution >= 4 is 5.97 Å². The third kappa shape index (κ3) is 29.2. The predicted molar refractivity (Wildman–Crippen MR) is 228 cm³/mol. The number of carbonyl (C=O) groups is 1. The van der Waals surface area contributed by atoms with Gasteiger partial charge in [-0.1, -0.05) is 145 Å². The van der Waals surface area contributed by atoms with Gasteiger partial charge in [0.1, 0.15) is 30.5 Å². The number of aliphatic hydroxyl groups is 4. The lowest BCUT2D eigenvalue weighted by Gasteiger charge is -2.39. The Hall–Kier alpha value is -2.11. The van der Waals surface area contributed by atoms with Gasteiger partial charge in [0.15, 0.2) is 6.29 Å². The lowest BCUT2D eigenvalue weighted by molar-refractivity contribution is -0.305. The van der Waals surface area contributed by atoms with Crippen molar-refractivity contribution in [2.24, 2.45) is 0 Å². The molecule has 56 heavy (non-hydrogen) atoms. The summed E-state index contributed by atoms with van der Waals surface area (Å²) >= 11 is 0. The Morgan fingerprint density at radius 3 is 1.64 bits per heavy atom. The molecule has 0 aromatic rings.